The number of carbonyl (C=O) groups is 2. The van der Waals surface area contributed by atoms with Gasteiger partial charge in [-0.25, -0.2) is 9.78 Å². The summed E-state index contributed by atoms with van der Waals surface area (Å²) in [5.41, 5.74) is 2.31. The fourth-order valence-corrected chi connectivity index (χ4v) is 4.62. The maximum absolute atomic E-state index is 13.0. The lowest BCUT2D eigenvalue weighted by Gasteiger charge is -2.12. The summed E-state index contributed by atoms with van der Waals surface area (Å²) in [4.78, 5) is 48.8. The first-order valence-electron chi connectivity index (χ1n) is 9.10. The van der Waals surface area contributed by atoms with E-state index in [9.17, 15) is 14.4 Å². The zero-order chi connectivity index (χ0) is 20.9. The van der Waals surface area contributed by atoms with Gasteiger partial charge in [0.15, 0.2) is 6.10 Å². The van der Waals surface area contributed by atoms with Crippen LogP contribution in [0.1, 0.15) is 44.0 Å². The molecule has 0 unspecified atom stereocenters. The summed E-state index contributed by atoms with van der Waals surface area (Å²) in [6, 6.07) is 7.49. The number of rotatable bonds is 4. The van der Waals surface area contributed by atoms with Crippen molar-refractivity contribution in [1.82, 2.24) is 15.0 Å². The fraction of sp³-hybridized carbons (Fsp3) is 0.238. The van der Waals surface area contributed by atoms with Crippen LogP contribution < -0.4 is 5.56 Å². The molecule has 0 saturated carbocycles. The van der Waals surface area contributed by atoms with Crippen LogP contribution in [0.15, 0.2) is 29.1 Å². The number of fused-ring (bicyclic) bond motifs is 2. The second-order valence-corrected chi connectivity index (χ2v) is 7.97. The van der Waals surface area contributed by atoms with Crippen LogP contribution in [0.5, 0.6) is 0 Å². The molecule has 0 spiro atoms. The standard InChI is InChI=1S/C21H19N3O4S/c1-9-15-19(26)23-12(4)24-20(15)29-18(9)21(27)28-11(3)17(25)16-10(2)22-14-8-6-5-7-13(14)16/h5-8,11,22H,1-4H3,(H,23,24,26)/t11-/m1/s1. The minimum atomic E-state index is -0.974. The maximum Gasteiger partial charge on any atom is 0.349 e. The zero-order valence-corrected chi connectivity index (χ0v) is 17.2. The fourth-order valence-electron chi connectivity index (χ4n) is 3.51. The summed E-state index contributed by atoms with van der Waals surface area (Å²) in [5.74, 6) is -0.443. The molecule has 0 aliphatic rings. The number of para-hydroxylation sites is 1. The molecule has 1 aromatic carbocycles. The second-order valence-electron chi connectivity index (χ2n) is 6.97. The lowest BCUT2D eigenvalue weighted by Crippen LogP contribution is -2.24. The van der Waals surface area contributed by atoms with Gasteiger partial charge in [0.2, 0.25) is 5.78 Å². The minimum Gasteiger partial charge on any atom is -0.450 e. The predicted molar refractivity (Wildman–Crippen MR) is 112 cm³/mol. The Bertz CT molecular complexity index is 1350. The number of benzene rings is 1. The minimum absolute atomic E-state index is 0.277. The van der Waals surface area contributed by atoms with E-state index in [1.54, 1.807) is 20.8 Å². The summed E-state index contributed by atoms with van der Waals surface area (Å²) in [5, 5.41) is 1.17. The molecule has 0 fully saturated rings. The highest BCUT2D eigenvalue weighted by atomic mass is 32.1. The summed E-state index contributed by atoms with van der Waals surface area (Å²) < 4.78 is 5.47. The van der Waals surface area contributed by atoms with Gasteiger partial charge in [0.1, 0.15) is 15.5 Å². The van der Waals surface area contributed by atoms with E-state index in [1.807, 2.05) is 31.2 Å². The number of aryl methyl sites for hydroxylation is 3. The molecule has 3 heterocycles. The van der Waals surface area contributed by atoms with Gasteiger partial charge in [0.05, 0.1) is 5.39 Å². The number of aromatic nitrogens is 3. The topological polar surface area (TPSA) is 105 Å². The first-order valence-corrected chi connectivity index (χ1v) is 9.92. The van der Waals surface area contributed by atoms with Crippen LogP contribution in [0.4, 0.5) is 0 Å². The number of ketones is 1. The van der Waals surface area contributed by atoms with E-state index in [4.69, 9.17) is 4.74 Å². The Morgan fingerprint density at radius 3 is 2.62 bits per heavy atom. The van der Waals surface area contributed by atoms with E-state index in [-0.39, 0.29) is 16.2 Å². The number of aromatic amines is 2. The van der Waals surface area contributed by atoms with Crippen LogP contribution in [0.25, 0.3) is 21.1 Å². The van der Waals surface area contributed by atoms with Gasteiger partial charge in [0, 0.05) is 22.2 Å². The van der Waals surface area contributed by atoms with Crippen LogP contribution in [0, 0.1) is 20.8 Å². The van der Waals surface area contributed by atoms with E-state index in [2.05, 4.69) is 15.0 Å². The number of hydrogen-bond donors (Lipinski definition) is 2. The van der Waals surface area contributed by atoms with E-state index >= 15 is 0 Å². The molecule has 1 atom stereocenters. The molecule has 8 heteroatoms. The summed E-state index contributed by atoms with van der Waals surface area (Å²) in [7, 11) is 0. The first kappa shape index (κ1) is 19.1. The Morgan fingerprint density at radius 2 is 1.86 bits per heavy atom. The highest BCUT2D eigenvalue weighted by molar-refractivity contribution is 7.20. The normalized spacial score (nSPS) is 12.4. The number of ether oxygens (including phenoxy) is 1. The molecule has 4 rings (SSSR count). The van der Waals surface area contributed by atoms with Crippen molar-refractivity contribution in [2.45, 2.75) is 33.8 Å². The van der Waals surface area contributed by atoms with Gasteiger partial charge >= 0.3 is 5.97 Å². The molecule has 0 aliphatic carbocycles. The third-order valence-electron chi connectivity index (χ3n) is 4.90. The molecule has 2 N–H and O–H groups in total. The van der Waals surface area contributed by atoms with Crippen molar-refractivity contribution >= 4 is 44.2 Å². The lowest BCUT2D eigenvalue weighted by molar-refractivity contribution is 0.0323. The molecule has 0 saturated heterocycles. The molecule has 4 aromatic rings. The maximum atomic E-state index is 13.0. The Labute approximate surface area is 169 Å². The highest BCUT2D eigenvalue weighted by Crippen LogP contribution is 2.29. The van der Waals surface area contributed by atoms with Gasteiger partial charge in [-0.05, 0) is 39.3 Å². The number of nitrogens with one attached hydrogen (secondary N) is 2. The molecule has 0 bridgehead atoms. The molecule has 0 amide bonds. The van der Waals surface area contributed by atoms with Gasteiger partial charge in [-0.2, -0.15) is 0 Å². The summed E-state index contributed by atoms with van der Waals surface area (Å²) in [6.07, 6.45) is -0.974. The number of nitrogens with zero attached hydrogens (tertiary/aromatic N) is 1. The van der Waals surface area contributed by atoms with Crippen LogP contribution >= 0.6 is 11.3 Å². The third kappa shape index (κ3) is 3.15. The van der Waals surface area contributed by atoms with Crippen molar-refractivity contribution in [3.63, 3.8) is 0 Å². The largest absolute Gasteiger partial charge is 0.450 e. The Balaban J connectivity index is 1.65. The lowest BCUT2D eigenvalue weighted by atomic mass is 10.0. The molecule has 148 valence electrons. The van der Waals surface area contributed by atoms with Crippen molar-refractivity contribution in [1.29, 1.82) is 0 Å². The third-order valence-corrected chi connectivity index (χ3v) is 6.06. The summed E-state index contributed by atoms with van der Waals surface area (Å²) >= 11 is 1.09. The second kappa shape index (κ2) is 6.97. The van der Waals surface area contributed by atoms with Gasteiger partial charge in [-0.1, -0.05) is 18.2 Å². The zero-order valence-electron chi connectivity index (χ0n) is 16.4. The van der Waals surface area contributed by atoms with E-state index < -0.39 is 12.1 Å². The molecular weight excluding hydrogens is 390 g/mol. The van der Waals surface area contributed by atoms with Crippen molar-refractivity contribution < 1.29 is 14.3 Å². The number of thiophene rings is 1. The molecule has 0 radical (unpaired) electrons. The average molecular weight is 409 g/mol. The smallest absolute Gasteiger partial charge is 0.349 e. The van der Waals surface area contributed by atoms with E-state index in [0.29, 0.717) is 27.2 Å². The Hall–Kier alpha value is -3.26. The number of esters is 1. The van der Waals surface area contributed by atoms with Crippen molar-refractivity contribution in [3.8, 4) is 0 Å². The van der Waals surface area contributed by atoms with Crippen LogP contribution in [0.3, 0.4) is 0 Å². The predicted octanol–water partition coefficient (Wildman–Crippen LogP) is 3.82. The SMILES string of the molecule is Cc1nc2sc(C(=O)O[C@H](C)C(=O)c3c(C)[nH]c4ccccc34)c(C)c2c(=O)[nH]1. The van der Waals surface area contributed by atoms with Gasteiger partial charge in [-0.15, -0.1) is 11.3 Å². The number of Topliss-reactive ketones (excluding diaryl/α,β-unsaturated/α-hetero) is 1. The quantitative estimate of drug-likeness (QED) is 0.394. The Morgan fingerprint density at radius 1 is 1.14 bits per heavy atom. The van der Waals surface area contributed by atoms with Crippen LogP contribution in [0.2, 0.25) is 0 Å². The highest BCUT2D eigenvalue weighted by Gasteiger charge is 2.27. The molecule has 0 aliphatic heterocycles. The van der Waals surface area contributed by atoms with Crippen LogP contribution in [-0.4, -0.2) is 32.8 Å². The molecular formula is C21H19N3O4S. The molecule has 7 nitrogen and oxygen atoms in total. The number of hydrogen-bond acceptors (Lipinski definition) is 6. The van der Waals surface area contributed by atoms with Gasteiger partial charge in [0.25, 0.3) is 5.56 Å². The van der Waals surface area contributed by atoms with Crippen LogP contribution in [-0.2, 0) is 4.74 Å². The van der Waals surface area contributed by atoms with E-state index in [0.717, 1.165) is 27.9 Å². The van der Waals surface area contributed by atoms with Crippen molar-refractivity contribution in [3.05, 3.63) is 62.1 Å². The average Bonchev–Trinajstić information content (AvgIpc) is 3.17. The number of carbonyl (C=O) groups excluding carboxylic acids is 2. The van der Waals surface area contributed by atoms with Crippen molar-refractivity contribution in [2.24, 2.45) is 0 Å². The number of H-pyrrole nitrogens is 2. The van der Waals surface area contributed by atoms with E-state index in [1.165, 1.54) is 0 Å². The monoisotopic (exact) mass is 409 g/mol. The van der Waals surface area contributed by atoms with Crippen molar-refractivity contribution in [2.75, 3.05) is 0 Å². The Kier molecular flexibility index (Phi) is 4.58. The molecule has 29 heavy (non-hydrogen) atoms. The van der Waals surface area contributed by atoms with Gasteiger partial charge < -0.3 is 14.7 Å². The molecule has 3 aromatic heterocycles. The summed E-state index contributed by atoms with van der Waals surface area (Å²) in [6.45, 7) is 6.73. The first-order chi connectivity index (χ1) is 13.8. The van der Waals surface area contributed by atoms with Gasteiger partial charge in [-0.3, -0.25) is 9.59 Å².